The predicted octanol–water partition coefficient (Wildman–Crippen LogP) is 3.24. The van der Waals surface area contributed by atoms with Crippen molar-refractivity contribution < 1.29 is 13.2 Å². The Morgan fingerprint density at radius 2 is 1.63 bits per heavy atom. The number of ether oxygens (including phenoxy) is 1. The van der Waals surface area contributed by atoms with Crippen molar-refractivity contribution in [3.63, 3.8) is 0 Å². The van der Waals surface area contributed by atoms with Gasteiger partial charge in [-0.3, -0.25) is 0 Å². The lowest BCUT2D eigenvalue weighted by Gasteiger charge is -2.06. The molecule has 0 fully saturated rings. The molecule has 0 aromatic heterocycles. The summed E-state index contributed by atoms with van der Waals surface area (Å²) in [5, 5.41) is 0. The van der Waals surface area contributed by atoms with Crippen LogP contribution in [0.5, 0.6) is 11.5 Å². The van der Waals surface area contributed by atoms with E-state index < -0.39 is 9.84 Å². The van der Waals surface area contributed by atoms with Crippen molar-refractivity contribution in [1.29, 1.82) is 0 Å². The highest BCUT2D eigenvalue weighted by Crippen LogP contribution is 2.22. The van der Waals surface area contributed by atoms with E-state index in [-0.39, 0.29) is 10.6 Å². The van der Waals surface area contributed by atoms with Gasteiger partial charge in [0.05, 0.1) is 10.6 Å². The van der Waals surface area contributed by atoms with E-state index in [4.69, 9.17) is 4.74 Å². The molecule has 19 heavy (non-hydrogen) atoms. The summed E-state index contributed by atoms with van der Waals surface area (Å²) in [5.41, 5.74) is 0. The molecule has 0 atom stereocenters. The molecule has 2 rings (SSSR count). The summed E-state index contributed by atoms with van der Waals surface area (Å²) >= 11 is 0. The number of benzene rings is 2. The largest absolute Gasteiger partial charge is 0.457 e. The lowest BCUT2D eigenvalue weighted by molar-refractivity contribution is 0.482. The Balaban J connectivity index is 2.17. The Morgan fingerprint density at radius 1 is 1.05 bits per heavy atom. The molecule has 0 amide bonds. The molecular formula is C15H13O3S. The first-order valence-corrected chi connectivity index (χ1v) is 7.35. The zero-order chi connectivity index (χ0) is 13.7. The van der Waals surface area contributed by atoms with Gasteiger partial charge in [-0.2, -0.15) is 0 Å². The van der Waals surface area contributed by atoms with Gasteiger partial charge in [-0.25, -0.2) is 8.42 Å². The van der Waals surface area contributed by atoms with Gasteiger partial charge in [0.25, 0.3) is 0 Å². The van der Waals surface area contributed by atoms with Crippen LogP contribution in [-0.2, 0) is 9.84 Å². The summed E-state index contributed by atoms with van der Waals surface area (Å²) in [6.07, 6.45) is 1.38. The minimum atomic E-state index is -3.28. The van der Waals surface area contributed by atoms with Gasteiger partial charge in [0.2, 0.25) is 0 Å². The molecule has 0 saturated carbocycles. The maximum Gasteiger partial charge on any atom is 0.181 e. The van der Waals surface area contributed by atoms with Crippen LogP contribution in [0, 0.1) is 6.07 Å². The Bertz CT molecular complexity index is 644. The molecule has 4 heteroatoms. The van der Waals surface area contributed by atoms with E-state index in [1.807, 2.05) is 0 Å². The fourth-order valence-electron chi connectivity index (χ4n) is 1.54. The van der Waals surface area contributed by atoms with Gasteiger partial charge in [0.1, 0.15) is 11.5 Å². The molecular weight excluding hydrogens is 260 g/mol. The summed E-state index contributed by atoms with van der Waals surface area (Å²) in [5.74, 6) is 1.20. The second-order valence-electron chi connectivity index (χ2n) is 3.88. The molecule has 0 saturated heterocycles. The van der Waals surface area contributed by atoms with Crippen molar-refractivity contribution in [1.82, 2.24) is 0 Å². The number of rotatable bonds is 5. The van der Waals surface area contributed by atoms with Crippen molar-refractivity contribution in [2.45, 2.75) is 4.90 Å². The molecule has 97 valence electrons. The highest BCUT2D eigenvalue weighted by Gasteiger charge is 2.11. The maximum atomic E-state index is 11.8. The van der Waals surface area contributed by atoms with Gasteiger partial charge in [-0.05, 0) is 42.5 Å². The average molecular weight is 273 g/mol. The van der Waals surface area contributed by atoms with Crippen molar-refractivity contribution in [3.05, 3.63) is 67.3 Å². The number of hydrogen-bond donors (Lipinski definition) is 0. The predicted molar refractivity (Wildman–Crippen MR) is 74.0 cm³/mol. The minimum absolute atomic E-state index is 0.0677. The molecule has 0 spiro atoms. The van der Waals surface area contributed by atoms with E-state index >= 15 is 0 Å². The first kappa shape index (κ1) is 13.4. The van der Waals surface area contributed by atoms with E-state index in [0.717, 1.165) is 0 Å². The van der Waals surface area contributed by atoms with Gasteiger partial charge in [0.15, 0.2) is 9.84 Å². The summed E-state index contributed by atoms with van der Waals surface area (Å²) in [4.78, 5) is 0.265. The van der Waals surface area contributed by atoms with Crippen LogP contribution in [0.2, 0.25) is 0 Å². The first-order valence-electron chi connectivity index (χ1n) is 5.69. The van der Waals surface area contributed by atoms with Crippen LogP contribution in [-0.4, -0.2) is 14.2 Å². The lowest BCUT2D eigenvalue weighted by atomic mass is 10.3. The standard InChI is InChI=1S/C15H13O3S/c1-2-12-19(16,17)15-10-8-14(9-11-15)18-13-6-4-3-5-7-13/h2,4-11H,1,12H2. The molecule has 1 radical (unpaired) electrons. The summed E-state index contributed by atoms with van der Waals surface area (Å²) in [6.45, 7) is 3.44. The van der Waals surface area contributed by atoms with E-state index in [1.165, 1.54) is 18.2 Å². The fourth-order valence-corrected chi connectivity index (χ4v) is 2.60. The third-order valence-electron chi connectivity index (χ3n) is 2.44. The Morgan fingerprint density at radius 3 is 2.21 bits per heavy atom. The van der Waals surface area contributed by atoms with Crippen molar-refractivity contribution in [2.75, 3.05) is 5.75 Å². The molecule has 0 bridgehead atoms. The van der Waals surface area contributed by atoms with E-state index in [9.17, 15) is 8.42 Å². The topological polar surface area (TPSA) is 43.4 Å². The molecule has 2 aromatic rings. The Kier molecular flexibility index (Phi) is 4.02. The van der Waals surface area contributed by atoms with Crippen LogP contribution in [0.1, 0.15) is 0 Å². The minimum Gasteiger partial charge on any atom is -0.457 e. The highest BCUT2D eigenvalue weighted by atomic mass is 32.2. The Hall–Kier alpha value is -2.07. The third kappa shape index (κ3) is 3.45. The maximum absolute atomic E-state index is 11.8. The molecule has 0 heterocycles. The van der Waals surface area contributed by atoms with Gasteiger partial charge in [-0.1, -0.05) is 18.2 Å². The van der Waals surface area contributed by atoms with Crippen molar-refractivity contribution in [3.8, 4) is 11.5 Å². The molecule has 0 aliphatic heterocycles. The molecule has 0 aliphatic rings. The molecule has 3 nitrogen and oxygen atoms in total. The van der Waals surface area contributed by atoms with Gasteiger partial charge < -0.3 is 4.74 Å². The van der Waals surface area contributed by atoms with Crippen molar-refractivity contribution >= 4 is 9.84 Å². The smallest absolute Gasteiger partial charge is 0.181 e. The van der Waals surface area contributed by atoms with Crippen LogP contribution >= 0.6 is 0 Å². The van der Waals surface area contributed by atoms with Gasteiger partial charge in [0, 0.05) is 0 Å². The third-order valence-corrected chi connectivity index (χ3v) is 4.11. The number of hydrogen-bond acceptors (Lipinski definition) is 3. The lowest BCUT2D eigenvalue weighted by Crippen LogP contribution is -2.03. The Labute approximate surface area is 113 Å². The average Bonchev–Trinajstić information content (AvgIpc) is 2.40. The quantitative estimate of drug-likeness (QED) is 0.785. The van der Waals surface area contributed by atoms with E-state index in [1.54, 1.807) is 36.4 Å². The SMILES string of the molecule is C=CCS(=O)(=O)c1ccc(Oc2cc[c]cc2)cc1. The summed E-state index contributed by atoms with van der Waals surface area (Å²) in [6, 6.07) is 16.3. The monoisotopic (exact) mass is 273 g/mol. The van der Waals surface area contributed by atoms with Crippen LogP contribution in [0.4, 0.5) is 0 Å². The van der Waals surface area contributed by atoms with Gasteiger partial charge >= 0.3 is 0 Å². The molecule has 0 aliphatic carbocycles. The number of sulfone groups is 1. The highest BCUT2D eigenvalue weighted by molar-refractivity contribution is 7.91. The molecule has 0 unspecified atom stereocenters. The normalized spacial score (nSPS) is 10.9. The first-order chi connectivity index (χ1) is 9.12. The van der Waals surface area contributed by atoms with Crippen molar-refractivity contribution in [2.24, 2.45) is 0 Å². The molecule has 0 N–H and O–H groups in total. The second-order valence-corrected chi connectivity index (χ2v) is 5.91. The van der Waals surface area contributed by atoms with Crippen LogP contribution in [0.25, 0.3) is 0 Å². The van der Waals surface area contributed by atoms with Crippen LogP contribution < -0.4 is 4.74 Å². The fraction of sp³-hybridized carbons (Fsp3) is 0.0667. The van der Waals surface area contributed by atoms with Crippen LogP contribution in [0.15, 0.2) is 66.1 Å². The van der Waals surface area contributed by atoms with E-state index in [0.29, 0.717) is 11.5 Å². The van der Waals surface area contributed by atoms with E-state index in [2.05, 4.69) is 12.6 Å². The van der Waals surface area contributed by atoms with Crippen LogP contribution in [0.3, 0.4) is 0 Å². The molecule has 2 aromatic carbocycles. The zero-order valence-corrected chi connectivity index (χ0v) is 11.1. The second kappa shape index (κ2) is 5.71. The summed E-state index contributed by atoms with van der Waals surface area (Å²) in [7, 11) is -3.28. The summed E-state index contributed by atoms with van der Waals surface area (Å²) < 4.78 is 29.1. The van der Waals surface area contributed by atoms with Gasteiger partial charge in [-0.15, -0.1) is 6.58 Å². The zero-order valence-electron chi connectivity index (χ0n) is 10.2.